The molecule has 0 heterocycles. The molecule has 0 fully saturated rings. The minimum absolute atomic E-state index is 0.159. The molecule has 0 aliphatic rings. The van der Waals surface area contributed by atoms with Gasteiger partial charge in [-0.25, -0.2) is 4.99 Å². The molecule has 0 aromatic heterocycles. The smallest absolute Gasteiger partial charge is 0.422 e. The highest BCUT2D eigenvalue weighted by Crippen LogP contribution is 2.19. The molecular formula is C18H20F3N3O. The Morgan fingerprint density at radius 3 is 2.36 bits per heavy atom. The predicted octanol–water partition coefficient (Wildman–Crippen LogP) is 4.17. The number of aryl methyl sites for hydroxylation is 2. The number of hydrogen-bond donors (Lipinski definition) is 2. The Morgan fingerprint density at radius 1 is 1.08 bits per heavy atom. The van der Waals surface area contributed by atoms with Gasteiger partial charge in [0.2, 0.25) is 0 Å². The van der Waals surface area contributed by atoms with E-state index in [0.717, 1.165) is 16.8 Å². The van der Waals surface area contributed by atoms with Crippen molar-refractivity contribution in [2.24, 2.45) is 10.7 Å². The average molecular weight is 351 g/mol. The van der Waals surface area contributed by atoms with Crippen LogP contribution < -0.4 is 15.8 Å². The zero-order valence-electron chi connectivity index (χ0n) is 14.0. The fraction of sp³-hybridized carbons (Fsp3) is 0.278. The zero-order chi connectivity index (χ0) is 18.4. The lowest BCUT2D eigenvalue weighted by atomic mass is 10.1. The van der Waals surface area contributed by atoms with Gasteiger partial charge < -0.3 is 15.8 Å². The van der Waals surface area contributed by atoms with E-state index in [0.29, 0.717) is 6.54 Å². The molecule has 2 rings (SSSR count). The van der Waals surface area contributed by atoms with E-state index in [1.807, 2.05) is 32.0 Å². The van der Waals surface area contributed by atoms with Crippen LogP contribution in [-0.2, 0) is 6.54 Å². The molecule has 0 spiro atoms. The Kier molecular flexibility index (Phi) is 5.90. The molecule has 0 aliphatic carbocycles. The summed E-state index contributed by atoms with van der Waals surface area (Å²) in [7, 11) is 0. The van der Waals surface area contributed by atoms with Crippen molar-refractivity contribution in [2.45, 2.75) is 26.6 Å². The number of nitrogens with zero attached hydrogens (tertiary/aromatic N) is 1. The first kappa shape index (κ1) is 18.6. The molecule has 7 heteroatoms. The van der Waals surface area contributed by atoms with Crippen molar-refractivity contribution < 1.29 is 17.9 Å². The second kappa shape index (κ2) is 7.92. The summed E-state index contributed by atoms with van der Waals surface area (Å²) in [5, 5.41) is 3.01. The van der Waals surface area contributed by atoms with E-state index in [-0.39, 0.29) is 11.7 Å². The van der Waals surface area contributed by atoms with Gasteiger partial charge in [0.1, 0.15) is 5.75 Å². The van der Waals surface area contributed by atoms with Crippen LogP contribution in [0.4, 0.5) is 18.9 Å². The fourth-order valence-corrected chi connectivity index (χ4v) is 2.04. The summed E-state index contributed by atoms with van der Waals surface area (Å²) in [5.74, 6) is 0.423. The Bertz CT molecular complexity index is 740. The molecule has 0 bridgehead atoms. The van der Waals surface area contributed by atoms with Crippen molar-refractivity contribution in [1.82, 2.24) is 0 Å². The standard InChI is InChI=1S/C18H20F3N3O/c1-12-3-6-15(9-13(12)2)24-17(22)23-10-14-4-7-16(8-5-14)25-11-18(19,20)21/h3-9H,10-11H2,1-2H3,(H3,22,23,24). The Balaban J connectivity index is 1.90. The number of hydrogen-bond acceptors (Lipinski definition) is 2. The second-order valence-corrected chi connectivity index (χ2v) is 5.67. The Labute approximate surface area is 144 Å². The zero-order valence-corrected chi connectivity index (χ0v) is 14.0. The molecular weight excluding hydrogens is 331 g/mol. The molecule has 0 saturated heterocycles. The van der Waals surface area contributed by atoms with Gasteiger partial charge >= 0.3 is 6.18 Å². The van der Waals surface area contributed by atoms with Crippen LogP contribution in [0, 0.1) is 13.8 Å². The number of nitrogens with one attached hydrogen (secondary N) is 1. The van der Waals surface area contributed by atoms with E-state index >= 15 is 0 Å². The average Bonchev–Trinajstić information content (AvgIpc) is 2.55. The molecule has 0 aliphatic heterocycles. The first-order valence-electron chi connectivity index (χ1n) is 7.65. The molecule has 0 unspecified atom stereocenters. The summed E-state index contributed by atoms with van der Waals surface area (Å²) in [5.41, 5.74) is 9.85. The van der Waals surface area contributed by atoms with Crippen LogP contribution in [-0.4, -0.2) is 18.7 Å². The van der Waals surface area contributed by atoms with Crippen LogP contribution in [0.1, 0.15) is 16.7 Å². The van der Waals surface area contributed by atoms with Crippen molar-refractivity contribution in [1.29, 1.82) is 0 Å². The summed E-state index contributed by atoms with van der Waals surface area (Å²) in [6, 6.07) is 12.1. The minimum Gasteiger partial charge on any atom is -0.484 e. The summed E-state index contributed by atoms with van der Waals surface area (Å²) in [6.07, 6.45) is -4.35. The second-order valence-electron chi connectivity index (χ2n) is 5.67. The number of halogens is 3. The third-order valence-electron chi connectivity index (χ3n) is 3.54. The summed E-state index contributed by atoms with van der Waals surface area (Å²) in [4.78, 5) is 4.22. The third-order valence-corrected chi connectivity index (χ3v) is 3.54. The van der Waals surface area contributed by atoms with Gasteiger partial charge in [0.05, 0.1) is 6.54 Å². The lowest BCUT2D eigenvalue weighted by Crippen LogP contribution is -2.22. The van der Waals surface area contributed by atoms with Gasteiger partial charge in [-0.2, -0.15) is 13.2 Å². The summed E-state index contributed by atoms with van der Waals surface area (Å²) < 4.78 is 40.9. The van der Waals surface area contributed by atoms with E-state index in [1.54, 1.807) is 12.1 Å². The molecule has 0 saturated carbocycles. The lowest BCUT2D eigenvalue weighted by molar-refractivity contribution is -0.153. The predicted molar refractivity (Wildman–Crippen MR) is 92.9 cm³/mol. The number of ether oxygens (including phenoxy) is 1. The number of nitrogens with two attached hydrogens (primary N) is 1. The molecule has 4 nitrogen and oxygen atoms in total. The van der Waals surface area contributed by atoms with Crippen LogP contribution in [0.2, 0.25) is 0 Å². The summed E-state index contributed by atoms with van der Waals surface area (Å²) >= 11 is 0. The fourth-order valence-electron chi connectivity index (χ4n) is 2.04. The van der Waals surface area contributed by atoms with Crippen molar-refractivity contribution in [3.05, 3.63) is 59.2 Å². The molecule has 0 amide bonds. The van der Waals surface area contributed by atoms with Crippen LogP contribution in [0.3, 0.4) is 0 Å². The summed E-state index contributed by atoms with van der Waals surface area (Å²) in [6.45, 7) is 3.04. The third kappa shape index (κ3) is 6.37. The van der Waals surface area contributed by atoms with E-state index in [4.69, 9.17) is 5.73 Å². The lowest BCUT2D eigenvalue weighted by Gasteiger charge is -2.10. The highest BCUT2D eigenvalue weighted by molar-refractivity contribution is 5.92. The van der Waals surface area contributed by atoms with Gasteiger partial charge in [0.25, 0.3) is 0 Å². The van der Waals surface area contributed by atoms with E-state index in [2.05, 4.69) is 15.0 Å². The van der Waals surface area contributed by atoms with Crippen molar-refractivity contribution in [3.8, 4) is 5.75 Å². The van der Waals surface area contributed by atoms with Crippen LogP contribution >= 0.6 is 0 Å². The molecule has 2 aromatic carbocycles. The quantitative estimate of drug-likeness (QED) is 0.628. The van der Waals surface area contributed by atoms with Gasteiger partial charge in [-0.05, 0) is 54.8 Å². The van der Waals surface area contributed by atoms with Crippen molar-refractivity contribution in [3.63, 3.8) is 0 Å². The van der Waals surface area contributed by atoms with Gasteiger partial charge in [0.15, 0.2) is 12.6 Å². The maximum atomic E-state index is 12.1. The van der Waals surface area contributed by atoms with E-state index in [9.17, 15) is 13.2 Å². The monoisotopic (exact) mass is 351 g/mol. The topological polar surface area (TPSA) is 59.6 Å². The molecule has 134 valence electrons. The number of rotatable bonds is 5. The first-order valence-corrected chi connectivity index (χ1v) is 7.65. The molecule has 25 heavy (non-hydrogen) atoms. The molecule has 0 radical (unpaired) electrons. The van der Waals surface area contributed by atoms with Crippen LogP contribution in [0.25, 0.3) is 0 Å². The van der Waals surface area contributed by atoms with E-state index < -0.39 is 12.8 Å². The number of guanidine groups is 1. The van der Waals surface area contributed by atoms with Gasteiger partial charge in [0, 0.05) is 5.69 Å². The normalized spacial score (nSPS) is 12.1. The number of alkyl halides is 3. The van der Waals surface area contributed by atoms with E-state index in [1.165, 1.54) is 17.7 Å². The largest absolute Gasteiger partial charge is 0.484 e. The highest BCUT2D eigenvalue weighted by atomic mass is 19.4. The maximum absolute atomic E-state index is 12.1. The van der Waals surface area contributed by atoms with Crippen LogP contribution in [0.5, 0.6) is 5.75 Å². The molecule has 2 aromatic rings. The number of benzene rings is 2. The van der Waals surface area contributed by atoms with Gasteiger partial charge in [-0.1, -0.05) is 18.2 Å². The first-order chi connectivity index (χ1) is 11.7. The molecule has 3 N–H and O–H groups in total. The highest BCUT2D eigenvalue weighted by Gasteiger charge is 2.28. The maximum Gasteiger partial charge on any atom is 0.422 e. The minimum atomic E-state index is -4.35. The number of anilines is 1. The Hall–Kier alpha value is -2.70. The van der Waals surface area contributed by atoms with Crippen LogP contribution in [0.15, 0.2) is 47.5 Å². The SMILES string of the molecule is Cc1ccc(NC(N)=NCc2ccc(OCC(F)(F)F)cc2)cc1C. The van der Waals surface area contributed by atoms with Crippen molar-refractivity contribution in [2.75, 3.05) is 11.9 Å². The molecule has 0 atom stereocenters. The number of aliphatic imine (C=N–C) groups is 1. The Morgan fingerprint density at radius 2 is 1.76 bits per heavy atom. The van der Waals surface area contributed by atoms with Gasteiger partial charge in [-0.15, -0.1) is 0 Å². The van der Waals surface area contributed by atoms with Gasteiger partial charge in [-0.3, -0.25) is 0 Å². The van der Waals surface area contributed by atoms with Crippen molar-refractivity contribution >= 4 is 11.6 Å².